The van der Waals surface area contributed by atoms with Gasteiger partial charge >= 0.3 is 13.1 Å². The summed E-state index contributed by atoms with van der Waals surface area (Å²) in [4.78, 5) is 11.6. The highest BCUT2D eigenvalue weighted by atomic mass is 16.7. The third kappa shape index (κ3) is 3.69. The molecule has 6 heteroatoms. The molecule has 1 aromatic rings. The summed E-state index contributed by atoms with van der Waals surface area (Å²) < 4.78 is 16.8. The summed E-state index contributed by atoms with van der Waals surface area (Å²) in [6.07, 6.45) is 1.51. The Morgan fingerprint density at radius 1 is 1.21 bits per heavy atom. The van der Waals surface area contributed by atoms with Gasteiger partial charge in [0.15, 0.2) is 0 Å². The Hall–Kier alpha value is -2.10. The zero-order chi connectivity index (χ0) is 18.0. The van der Waals surface area contributed by atoms with E-state index in [4.69, 9.17) is 19.3 Å². The topological polar surface area (TPSA) is 68.6 Å². The molecule has 1 aliphatic rings. The Morgan fingerprint density at radius 2 is 1.75 bits per heavy atom. The summed E-state index contributed by atoms with van der Waals surface area (Å²) in [5.74, 6) is -0.616. The lowest BCUT2D eigenvalue weighted by molar-refractivity contribution is -0.137. The predicted molar refractivity (Wildman–Crippen MR) is 92.4 cm³/mol. The zero-order valence-electron chi connectivity index (χ0n) is 14.8. The van der Waals surface area contributed by atoms with Crippen LogP contribution in [0, 0.1) is 11.3 Å². The van der Waals surface area contributed by atoms with Gasteiger partial charge in [0.25, 0.3) is 0 Å². The van der Waals surface area contributed by atoms with Crippen molar-refractivity contribution in [3.05, 3.63) is 35.4 Å². The van der Waals surface area contributed by atoms with Gasteiger partial charge in [-0.2, -0.15) is 5.26 Å². The number of hydrogen-bond acceptors (Lipinski definition) is 5. The number of rotatable bonds is 4. The van der Waals surface area contributed by atoms with Crippen molar-refractivity contribution in [1.82, 2.24) is 0 Å². The van der Waals surface area contributed by atoms with E-state index in [0.29, 0.717) is 0 Å². The number of carbonyl (C=O) groups is 1. The van der Waals surface area contributed by atoms with Crippen molar-refractivity contribution < 1.29 is 18.8 Å². The second-order valence-electron chi connectivity index (χ2n) is 6.65. The fourth-order valence-electron chi connectivity index (χ4n) is 2.24. The molecule has 1 heterocycles. The first-order valence-corrected chi connectivity index (χ1v) is 7.94. The van der Waals surface area contributed by atoms with Crippen molar-refractivity contribution in [2.75, 3.05) is 6.61 Å². The molecule has 1 aliphatic heterocycles. The van der Waals surface area contributed by atoms with Crippen LogP contribution in [0.5, 0.6) is 0 Å². The van der Waals surface area contributed by atoms with E-state index in [0.717, 1.165) is 11.0 Å². The highest BCUT2D eigenvalue weighted by molar-refractivity contribution is 6.62. The number of esters is 1. The number of hydrogen-bond donors (Lipinski definition) is 0. The van der Waals surface area contributed by atoms with Crippen LogP contribution in [0.15, 0.2) is 29.8 Å². The summed E-state index contributed by atoms with van der Waals surface area (Å²) in [6, 6.07) is 9.23. The molecule has 0 amide bonds. The van der Waals surface area contributed by atoms with Crippen molar-refractivity contribution in [3.8, 4) is 6.07 Å². The molecule has 0 radical (unpaired) electrons. The molecule has 1 saturated heterocycles. The smallest absolute Gasteiger partial charge is 0.462 e. The fourth-order valence-corrected chi connectivity index (χ4v) is 2.24. The van der Waals surface area contributed by atoms with Crippen LogP contribution in [-0.2, 0) is 18.8 Å². The molecule has 1 aromatic carbocycles. The number of nitrogens with zero attached hydrogens (tertiary/aromatic N) is 1. The summed E-state index contributed by atoms with van der Waals surface area (Å²) in [5.41, 5.74) is 0.808. The molecule has 0 saturated carbocycles. The van der Waals surface area contributed by atoms with Gasteiger partial charge in [0.1, 0.15) is 11.6 Å². The maximum absolute atomic E-state index is 11.6. The van der Waals surface area contributed by atoms with Crippen LogP contribution in [0.2, 0.25) is 0 Å². The molecule has 1 fully saturated rings. The number of carbonyl (C=O) groups excluding carboxylic acids is 1. The van der Waals surface area contributed by atoms with Gasteiger partial charge in [0.05, 0.1) is 17.8 Å². The third-order valence-electron chi connectivity index (χ3n) is 4.39. The molecular formula is C18H22BNO4. The number of benzene rings is 1. The summed E-state index contributed by atoms with van der Waals surface area (Å²) >= 11 is 0. The van der Waals surface area contributed by atoms with Gasteiger partial charge < -0.3 is 14.0 Å². The monoisotopic (exact) mass is 327 g/mol. The Kier molecular flexibility index (Phi) is 5.17. The van der Waals surface area contributed by atoms with Gasteiger partial charge in [-0.25, -0.2) is 4.79 Å². The molecule has 24 heavy (non-hydrogen) atoms. The minimum Gasteiger partial charge on any atom is -0.462 e. The Labute approximate surface area is 143 Å². The normalized spacial score (nSPS) is 19.0. The van der Waals surface area contributed by atoms with E-state index in [1.54, 1.807) is 6.92 Å². The predicted octanol–water partition coefficient (Wildman–Crippen LogP) is 2.46. The maximum atomic E-state index is 11.6. The molecule has 0 N–H and O–H groups in total. The van der Waals surface area contributed by atoms with Crippen LogP contribution in [0.4, 0.5) is 0 Å². The third-order valence-corrected chi connectivity index (χ3v) is 4.39. The standard InChI is InChI=1S/C18H22BNO4/c1-6-22-16(21)14(12-20)11-13-7-9-15(10-8-13)19-23-17(2,3)18(4,5)24-19/h7-11H,6H2,1-5H3/b14-11+. The Balaban J connectivity index is 2.17. The lowest BCUT2D eigenvalue weighted by Gasteiger charge is -2.32. The van der Waals surface area contributed by atoms with Crippen LogP contribution >= 0.6 is 0 Å². The van der Waals surface area contributed by atoms with E-state index >= 15 is 0 Å². The minimum atomic E-state index is -0.616. The van der Waals surface area contributed by atoms with Crippen molar-refractivity contribution in [3.63, 3.8) is 0 Å². The highest BCUT2D eigenvalue weighted by Gasteiger charge is 2.51. The lowest BCUT2D eigenvalue weighted by Crippen LogP contribution is -2.41. The molecule has 0 aromatic heterocycles. The fraction of sp³-hybridized carbons (Fsp3) is 0.444. The Bertz CT molecular complexity index is 670. The van der Waals surface area contributed by atoms with Crippen LogP contribution in [0.25, 0.3) is 6.08 Å². The van der Waals surface area contributed by atoms with Crippen molar-refractivity contribution in [1.29, 1.82) is 5.26 Å². The molecule has 2 rings (SSSR count). The van der Waals surface area contributed by atoms with Gasteiger partial charge in [0.2, 0.25) is 0 Å². The largest absolute Gasteiger partial charge is 0.494 e. The molecule has 0 unspecified atom stereocenters. The van der Waals surface area contributed by atoms with Gasteiger partial charge in [-0.1, -0.05) is 24.3 Å². The van der Waals surface area contributed by atoms with Crippen LogP contribution in [0.1, 0.15) is 40.2 Å². The minimum absolute atomic E-state index is 0.0276. The van der Waals surface area contributed by atoms with Crippen LogP contribution in [-0.4, -0.2) is 30.9 Å². The average Bonchev–Trinajstić information content (AvgIpc) is 2.74. The summed E-state index contributed by atoms with van der Waals surface area (Å²) in [7, 11) is -0.437. The first-order valence-electron chi connectivity index (χ1n) is 7.94. The molecule has 0 atom stereocenters. The van der Waals surface area contributed by atoms with Crippen molar-refractivity contribution in [2.45, 2.75) is 45.8 Å². The molecule has 0 bridgehead atoms. The molecule has 126 valence electrons. The second kappa shape index (κ2) is 6.80. The van der Waals surface area contributed by atoms with E-state index in [2.05, 4.69) is 0 Å². The molecular weight excluding hydrogens is 305 g/mol. The molecule has 0 spiro atoms. The van der Waals surface area contributed by atoms with E-state index in [1.165, 1.54) is 6.08 Å². The average molecular weight is 327 g/mol. The van der Waals surface area contributed by atoms with Gasteiger partial charge in [-0.15, -0.1) is 0 Å². The van der Waals surface area contributed by atoms with Crippen molar-refractivity contribution in [2.24, 2.45) is 0 Å². The zero-order valence-corrected chi connectivity index (χ0v) is 14.8. The van der Waals surface area contributed by atoms with E-state index in [9.17, 15) is 4.79 Å². The van der Waals surface area contributed by atoms with E-state index in [-0.39, 0.29) is 12.2 Å². The summed E-state index contributed by atoms with van der Waals surface area (Å²) in [6.45, 7) is 9.95. The number of ether oxygens (including phenoxy) is 1. The number of nitriles is 1. The Morgan fingerprint density at radius 3 is 2.21 bits per heavy atom. The second-order valence-corrected chi connectivity index (χ2v) is 6.65. The van der Waals surface area contributed by atoms with E-state index in [1.807, 2.05) is 58.0 Å². The molecule has 0 aliphatic carbocycles. The SMILES string of the molecule is CCOC(=O)/C(C#N)=C/c1ccc(B2OC(C)(C)C(C)(C)O2)cc1. The first kappa shape index (κ1) is 18.2. The van der Waals surface area contributed by atoms with Gasteiger partial charge in [0, 0.05) is 0 Å². The summed E-state index contributed by atoms with van der Waals surface area (Å²) in [5, 5.41) is 9.07. The first-order chi connectivity index (χ1) is 11.2. The quantitative estimate of drug-likeness (QED) is 0.368. The lowest BCUT2D eigenvalue weighted by atomic mass is 9.79. The maximum Gasteiger partial charge on any atom is 0.494 e. The highest BCUT2D eigenvalue weighted by Crippen LogP contribution is 2.36. The van der Waals surface area contributed by atoms with Gasteiger partial charge in [-0.05, 0) is 51.7 Å². The van der Waals surface area contributed by atoms with Gasteiger partial charge in [-0.3, -0.25) is 0 Å². The van der Waals surface area contributed by atoms with Crippen molar-refractivity contribution >= 4 is 24.6 Å². The van der Waals surface area contributed by atoms with Crippen LogP contribution in [0.3, 0.4) is 0 Å². The van der Waals surface area contributed by atoms with Crippen LogP contribution < -0.4 is 5.46 Å². The molecule has 5 nitrogen and oxygen atoms in total. The van der Waals surface area contributed by atoms with E-state index < -0.39 is 24.3 Å².